The molecule has 0 radical (unpaired) electrons. The van der Waals surface area contributed by atoms with Gasteiger partial charge in [0.1, 0.15) is 18.2 Å². The van der Waals surface area contributed by atoms with Crippen LogP contribution in [0.25, 0.3) is 11.0 Å². The molecule has 0 unspecified atom stereocenters. The maximum atomic E-state index is 13.4. The van der Waals surface area contributed by atoms with Gasteiger partial charge >= 0.3 is 0 Å². The summed E-state index contributed by atoms with van der Waals surface area (Å²) in [5.41, 5.74) is 1.51. The fourth-order valence-electron chi connectivity index (χ4n) is 3.37. The minimum Gasteiger partial charge on any atom is -0.375 e. The molecule has 1 N–H and O–H groups in total. The molecule has 1 aromatic carbocycles. The van der Waals surface area contributed by atoms with E-state index in [2.05, 4.69) is 25.0 Å². The van der Waals surface area contributed by atoms with Crippen molar-refractivity contribution in [2.24, 2.45) is 0 Å². The van der Waals surface area contributed by atoms with Gasteiger partial charge in [0.2, 0.25) is 0 Å². The normalized spacial score (nSPS) is 18.9. The van der Waals surface area contributed by atoms with E-state index in [-0.39, 0.29) is 11.9 Å². The molecular formula is C17H20FN5O2. The van der Waals surface area contributed by atoms with Crippen LogP contribution in [0.5, 0.6) is 0 Å². The van der Waals surface area contributed by atoms with Gasteiger partial charge < -0.3 is 14.2 Å². The van der Waals surface area contributed by atoms with Crippen molar-refractivity contribution >= 4 is 11.0 Å². The standard InChI is InChI=1S/C17H20FN5O2/c1-24-10-16-21-15(22-25-16)9-23-7-3-2-4-14(23)17-19-12-6-5-11(18)8-13(12)20-17/h5-6,8,14H,2-4,7,9-10H2,1H3,(H,19,20)/t14-/m1/s1. The molecule has 2 aromatic heterocycles. The number of aromatic nitrogens is 4. The molecule has 132 valence electrons. The maximum absolute atomic E-state index is 13.4. The monoisotopic (exact) mass is 345 g/mol. The predicted molar refractivity (Wildman–Crippen MR) is 88.1 cm³/mol. The predicted octanol–water partition coefficient (Wildman–Crippen LogP) is 2.96. The second-order valence-electron chi connectivity index (χ2n) is 6.30. The summed E-state index contributed by atoms with van der Waals surface area (Å²) in [7, 11) is 1.59. The molecule has 1 aliphatic rings. The average molecular weight is 345 g/mol. The van der Waals surface area contributed by atoms with Gasteiger partial charge in [-0.3, -0.25) is 4.90 Å². The lowest BCUT2D eigenvalue weighted by Crippen LogP contribution is -2.33. The maximum Gasteiger partial charge on any atom is 0.252 e. The molecule has 1 saturated heterocycles. The Morgan fingerprint density at radius 3 is 3.16 bits per heavy atom. The molecule has 25 heavy (non-hydrogen) atoms. The van der Waals surface area contributed by atoms with Crippen LogP contribution in [0.1, 0.15) is 42.8 Å². The van der Waals surface area contributed by atoms with E-state index in [9.17, 15) is 4.39 Å². The molecule has 0 bridgehead atoms. The number of nitrogens with zero attached hydrogens (tertiary/aromatic N) is 4. The van der Waals surface area contributed by atoms with Crippen molar-refractivity contribution in [2.75, 3.05) is 13.7 Å². The Morgan fingerprint density at radius 1 is 1.36 bits per heavy atom. The summed E-state index contributed by atoms with van der Waals surface area (Å²) in [4.78, 5) is 14.6. The number of rotatable bonds is 5. The Morgan fingerprint density at radius 2 is 2.28 bits per heavy atom. The van der Waals surface area contributed by atoms with Gasteiger partial charge in [0.15, 0.2) is 5.82 Å². The SMILES string of the molecule is COCc1nc(CN2CCCC[C@@H]2c2nc3ccc(F)cc3[nH]2)no1. The van der Waals surface area contributed by atoms with Crippen molar-refractivity contribution in [1.82, 2.24) is 25.0 Å². The second kappa shape index (κ2) is 6.89. The largest absolute Gasteiger partial charge is 0.375 e. The summed E-state index contributed by atoms with van der Waals surface area (Å²) in [6.45, 7) is 1.83. The van der Waals surface area contributed by atoms with Crippen LogP contribution >= 0.6 is 0 Å². The van der Waals surface area contributed by atoms with Gasteiger partial charge in [0.05, 0.1) is 23.6 Å². The van der Waals surface area contributed by atoms with Crippen molar-refractivity contribution in [3.8, 4) is 0 Å². The number of fused-ring (bicyclic) bond motifs is 1. The first-order valence-corrected chi connectivity index (χ1v) is 8.42. The van der Waals surface area contributed by atoms with E-state index < -0.39 is 0 Å². The molecule has 7 nitrogen and oxygen atoms in total. The number of hydrogen-bond acceptors (Lipinski definition) is 6. The molecular weight excluding hydrogens is 325 g/mol. The molecule has 1 atom stereocenters. The summed E-state index contributed by atoms with van der Waals surface area (Å²) in [5, 5.41) is 4.02. The lowest BCUT2D eigenvalue weighted by atomic mass is 10.0. The third-order valence-corrected chi connectivity index (χ3v) is 4.51. The molecule has 0 aliphatic carbocycles. The topological polar surface area (TPSA) is 80.1 Å². The van der Waals surface area contributed by atoms with Crippen LogP contribution in [0.2, 0.25) is 0 Å². The number of aromatic amines is 1. The second-order valence-corrected chi connectivity index (χ2v) is 6.30. The molecule has 4 rings (SSSR count). The number of ether oxygens (including phenoxy) is 1. The van der Waals surface area contributed by atoms with Gasteiger partial charge in [-0.1, -0.05) is 11.6 Å². The van der Waals surface area contributed by atoms with E-state index in [1.807, 2.05) is 0 Å². The summed E-state index contributed by atoms with van der Waals surface area (Å²) in [6.07, 6.45) is 3.24. The fourth-order valence-corrected chi connectivity index (χ4v) is 3.37. The molecule has 8 heteroatoms. The summed E-state index contributed by atoms with van der Waals surface area (Å²) < 4.78 is 23.6. The van der Waals surface area contributed by atoms with Crippen molar-refractivity contribution in [3.63, 3.8) is 0 Å². The molecule has 3 aromatic rings. The molecule has 0 amide bonds. The van der Waals surface area contributed by atoms with E-state index >= 15 is 0 Å². The Kier molecular flexibility index (Phi) is 4.46. The van der Waals surface area contributed by atoms with Crippen LogP contribution in [0.3, 0.4) is 0 Å². The van der Waals surface area contributed by atoms with Crippen LogP contribution in [-0.4, -0.2) is 38.7 Å². The lowest BCUT2D eigenvalue weighted by Gasteiger charge is -2.33. The highest BCUT2D eigenvalue weighted by Crippen LogP contribution is 2.31. The number of hydrogen-bond donors (Lipinski definition) is 1. The zero-order chi connectivity index (χ0) is 17.2. The quantitative estimate of drug-likeness (QED) is 0.766. The molecule has 0 spiro atoms. The summed E-state index contributed by atoms with van der Waals surface area (Å²) >= 11 is 0. The van der Waals surface area contributed by atoms with Crippen LogP contribution in [0, 0.1) is 5.82 Å². The molecule has 1 fully saturated rings. The summed E-state index contributed by atoms with van der Waals surface area (Å²) in [6, 6.07) is 4.75. The number of likely N-dealkylation sites (tertiary alicyclic amines) is 1. The van der Waals surface area contributed by atoms with E-state index in [1.54, 1.807) is 13.2 Å². The highest BCUT2D eigenvalue weighted by atomic mass is 19.1. The van der Waals surface area contributed by atoms with E-state index in [4.69, 9.17) is 9.26 Å². The Hall–Kier alpha value is -2.32. The highest BCUT2D eigenvalue weighted by Gasteiger charge is 2.28. The van der Waals surface area contributed by atoms with E-state index in [1.165, 1.54) is 12.1 Å². The molecule has 0 saturated carbocycles. The van der Waals surface area contributed by atoms with Crippen molar-refractivity contribution in [1.29, 1.82) is 0 Å². The first-order valence-electron chi connectivity index (χ1n) is 8.42. The number of piperidine rings is 1. The van der Waals surface area contributed by atoms with E-state index in [0.29, 0.717) is 24.9 Å². The zero-order valence-corrected chi connectivity index (χ0v) is 14.0. The highest BCUT2D eigenvalue weighted by molar-refractivity contribution is 5.75. The van der Waals surface area contributed by atoms with Crippen LogP contribution in [0.4, 0.5) is 4.39 Å². The van der Waals surface area contributed by atoms with Gasteiger partial charge in [-0.2, -0.15) is 4.98 Å². The van der Waals surface area contributed by atoms with Crippen molar-refractivity contribution < 1.29 is 13.7 Å². The first-order chi connectivity index (χ1) is 12.2. The number of benzene rings is 1. The van der Waals surface area contributed by atoms with Crippen molar-refractivity contribution in [2.45, 2.75) is 38.5 Å². The lowest BCUT2D eigenvalue weighted by molar-refractivity contribution is 0.129. The van der Waals surface area contributed by atoms with Crippen molar-refractivity contribution in [3.05, 3.63) is 41.6 Å². The number of imidazole rings is 1. The number of H-pyrrole nitrogens is 1. The molecule has 3 heterocycles. The van der Waals surface area contributed by atoms with Crippen LogP contribution in [-0.2, 0) is 17.9 Å². The Balaban J connectivity index is 1.56. The Labute approximate surface area is 144 Å². The van der Waals surface area contributed by atoms with Gasteiger partial charge in [0.25, 0.3) is 5.89 Å². The zero-order valence-electron chi connectivity index (χ0n) is 14.0. The minimum absolute atomic E-state index is 0.133. The minimum atomic E-state index is -0.263. The van der Waals surface area contributed by atoms with Crippen LogP contribution < -0.4 is 0 Å². The smallest absolute Gasteiger partial charge is 0.252 e. The van der Waals surface area contributed by atoms with E-state index in [0.717, 1.165) is 42.7 Å². The third-order valence-electron chi connectivity index (χ3n) is 4.51. The number of methoxy groups -OCH3 is 1. The number of halogens is 1. The van der Waals surface area contributed by atoms with Crippen LogP contribution in [0.15, 0.2) is 22.7 Å². The Bertz CT molecular complexity index is 862. The van der Waals surface area contributed by atoms with Gasteiger partial charge in [0, 0.05) is 7.11 Å². The fraction of sp³-hybridized carbons (Fsp3) is 0.471. The number of nitrogens with one attached hydrogen (secondary N) is 1. The average Bonchev–Trinajstić information content (AvgIpc) is 3.22. The third kappa shape index (κ3) is 3.40. The summed E-state index contributed by atoms with van der Waals surface area (Å²) in [5.74, 6) is 1.72. The molecule has 1 aliphatic heterocycles. The van der Waals surface area contributed by atoms with Gasteiger partial charge in [-0.25, -0.2) is 9.37 Å². The first kappa shape index (κ1) is 16.2. The van der Waals surface area contributed by atoms with Gasteiger partial charge in [-0.15, -0.1) is 0 Å². The van der Waals surface area contributed by atoms with Gasteiger partial charge in [-0.05, 0) is 37.6 Å².